The highest BCUT2D eigenvalue weighted by atomic mass is 16.2. The van der Waals surface area contributed by atoms with Crippen LogP contribution in [0.4, 0.5) is 0 Å². The summed E-state index contributed by atoms with van der Waals surface area (Å²) in [7, 11) is 0. The first-order chi connectivity index (χ1) is 11.4. The summed E-state index contributed by atoms with van der Waals surface area (Å²) in [6.45, 7) is 9.90. The molecule has 1 amide bonds. The number of likely N-dealkylation sites (tertiary alicyclic amines) is 1. The van der Waals surface area contributed by atoms with Crippen molar-refractivity contribution in [2.75, 3.05) is 13.1 Å². The van der Waals surface area contributed by atoms with E-state index >= 15 is 0 Å². The van der Waals surface area contributed by atoms with E-state index in [1.54, 1.807) is 0 Å². The topological polar surface area (TPSA) is 37.4 Å². The Kier molecular flexibility index (Phi) is 6.59. The van der Waals surface area contributed by atoms with Gasteiger partial charge in [0.05, 0.1) is 0 Å². The van der Waals surface area contributed by atoms with E-state index in [-0.39, 0.29) is 11.7 Å². The number of hydrogen-bond acceptors (Lipinski definition) is 2. The molecule has 1 aliphatic rings. The van der Waals surface area contributed by atoms with E-state index in [0.717, 1.165) is 37.9 Å². The molecule has 0 bridgehead atoms. The van der Waals surface area contributed by atoms with E-state index in [9.17, 15) is 9.59 Å². The standard InChI is InChI=1S/C21H31NO2/c1-15(2)5-10-20(23)22-13-11-18(12-14-22)17-6-8-19(9-7-17)21(24)16(3)4/h6-9,15-16,18H,5,10-14H2,1-4H3. The van der Waals surface area contributed by atoms with Crippen molar-refractivity contribution in [3.63, 3.8) is 0 Å². The second kappa shape index (κ2) is 8.46. The van der Waals surface area contributed by atoms with Gasteiger partial charge in [-0.25, -0.2) is 0 Å². The summed E-state index contributed by atoms with van der Waals surface area (Å²) in [6.07, 6.45) is 3.69. The Labute approximate surface area is 146 Å². The van der Waals surface area contributed by atoms with Crippen molar-refractivity contribution >= 4 is 11.7 Å². The van der Waals surface area contributed by atoms with Crippen LogP contribution >= 0.6 is 0 Å². The summed E-state index contributed by atoms with van der Waals surface area (Å²) in [5.41, 5.74) is 2.10. The molecule has 0 saturated carbocycles. The molecule has 1 aromatic rings. The molecular formula is C21H31NO2. The minimum Gasteiger partial charge on any atom is -0.343 e. The van der Waals surface area contributed by atoms with Crippen LogP contribution in [0.15, 0.2) is 24.3 Å². The van der Waals surface area contributed by atoms with Crippen LogP contribution in [0.3, 0.4) is 0 Å². The molecule has 0 unspecified atom stereocenters. The van der Waals surface area contributed by atoms with E-state index in [0.29, 0.717) is 24.2 Å². The Morgan fingerprint density at radius 2 is 1.62 bits per heavy atom. The molecule has 0 atom stereocenters. The van der Waals surface area contributed by atoms with Crippen LogP contribution in [-0.4, -0.2) is 29.7 Å². The molecule has 1 aliphatic heterocycles. The first-order valence-electron chi connectivity index (χ1n) is 9.30. The molecule has 0 aromatic heterocycles. The van der Waals surface area contributed by atoms with Gasteiger partial charge in [0.1, 0.15) is 0 Å². The third-order valence-electron chi connectivity index (χ3n) is 4.97. The van der Waals surface area contributed by atoms with Crippen molar-refractivity contribution < 1.29 is 9.59 Å². The molecule has 3 heteroatoms. The van der Waals surface area contributed by atoms with Crippen molar-refractivity contribution in [1.82, 2.24) is 4.90 Å². The number of carbonyl (C=O) groups is 2. The maximum Gasteiger partial charge on any atom is 0.222 e. The largest absolute Gasteiger partial charge is 0.343 e. The molecule has 0 spiro atoms. The Bertz CT molecular complexity index is 552. The van der Waals surface area contributed by atoms with Gasteiger partial charge in [0.15, 0.2) is 5.78 Å². The molecule has 0 radical (unpaired) electrons. The van der Waals surface area contributed by atoms with Crippen LogP contribution in [-0.2, 0) is 4.79 Å². The average Bonchev–Trinajstić information content (AvgIpc) is 2.59. The normalized spacial score (nSPS) is 16.0. The van der Waals surface area contributed by atoms with Crippen LogP contribution in [0.5, 0.6) is 0 Å². The van der Waals surface area contributed by atoms with Gasteiger partial charge in [-0.05, 0) is 36.7 Å². The number of ketones is 1. The van der Waals surface area contributed by atoms with Crippen molar-refractivity contribution in [1.29, 1.82) is 0 Å². The smallest absolute Gasteiger partial charge is 0.222 e. The summed E-state index contributed by atoms with van der Waals surface area (Å²) in [4.78, 5) is 26.3. The van der Waals surface area contributed by atoms with Gasteiger partial charge in [-0.3, -0.25) is 9.59 Å². The lowest BCUT2D eigenvalue weighted by Gasteiger charge is -2.32. The highest BCUT2D eigenvalue weighted by Crippen LogP contribution is 2.29. The second-order valence-electron chi connectivity index (χ2n) is 7.73. The van der Waals surface area contributed by atoms with Crippen LogP contribution in [0.25, 0.3) is 0 Å². The molecule has 0 N–H and O–H groups in total. The predicted molar refractivity (Wildman–Crippen MR) is 98.2 cm³/mol. The molecule has 1 aromatic carbocycles. The maximum atomic E-state index is 12.2. The van der Waals surface area contributed by atoms with Crippen LogP contribution < -0.4 is 0 Å². The highest BCUT2D eigenvalue weighted by molar-refractivity contribution is 5.97. The van der Waals surface area contributed by atoms with Crippen molar-refractivity contribution in [2.45, 2.75) is 59.3 Å². The number of nitrogens with zero attached hydrogens (tertiary/aromatic N) is 1. The van der Waals surface area contributed by atoms with Gasteiger partial charge >= 0.3 is 0 Å². The monoisotopic (exact) mass is 329 g/mol. The van der Waals surface area contributed by atoms with Crippen LogP contribution in [0.2, 0.25) is 0 Å². The number of hydrogen-bond donors (Lipinski definition) is 0. The average molecular weight is 329 g/mol. The number of benzene rings is 1. The quantitative estimate of drug-likeness (QED) is 0.711. The summed E-state index contributed by atoms with van der Waals surface area (Å²) in [6, 6.07) is 8.10. The lowest BCUT2D eigenvalue weighted by Crippen LogP contribution is -2.37. The zero-order valence-corrected chi connectivity index (χ0v) is 15.5. The fourth-order valence-electron chi connectivity index (χ4n) is 3.29. The zero-order chi connectivity index (χ0) is 17.7. The molecular weight excluding hydrogens is 298 g/mol. The molecule has 1 heterocycles. The Morgan fingerprint density at radius 3 is 2.12 bits per heavy atom. The van der Waals surface area contributed by atoms with Gasteiger partial charge < -0.3 is 4.90 Å². The van der Waals surface area contributed by atoms with E-state index in [4.69, 9.17) is 0 Å². The summed E-state index contributed by atoms with van der Waals surface area (Å²) in [5.74, 6) is 1.63. The molecule has 24 heavy (non-hydrogen) atoms. The van der Waals surface area contributed by atoms with Gasteiger partial charge in [0, 0.05) is 31.0 Å². The number of piperidine rings is 1. The lowest BCUT2D eigenvalue weighted by atomic mass is 9.88. The molecule has 3 nitrogen and oxygen atoms in total. The van der Waals surface area contributed by atoms with E-state index in [2.05, 4.69) is 26.0 Å². The van der Waals surface area contributed by atoms with Gasteiger partial charge in [0.25, 0.3) is 0 Å². The Balaban J connectivity index is 1.88. The molecule has 0 aliphatic carbocycles. The summed E-state index contributed by atoms with van der Waals surface area (Å²) in [5, 5.41) is 0. The van der Waals surface area contributed by atoms with Crippen molar-refractivity contribution in [3.8, 4) is 0 Å². The number of Topliss-reactive ketones (excluding diaryl/α,β-unsaturated/α-hetero) is 1. The third kappa shape index (κ3) is 4.93. The fourth-order valence-corrected chi connectivity index (χ4v) is 3.29. The minimum absolute atomic E-state index is 0.0379. The highest BCUT2D eigenvalue weighted by Gasteiger charge is 2.24. The number of rotatable bonds is 6. The first kappa shape index (κ1) is 18.7. The summed E-state index contributed by atoms with van der Waals surface area (Å²) >= 11 is 0. The predicted octanol–water partition coefficient (Wildman–Crippen LogP) is 4.67. The van der Waals surface area contributed by atoms with Gasteiger partial charge in [-0.15, -0.1) is 0 Å². The first-order valence-corrected chi connectivity index (χ1v) is 9.30. The molecule has 1 fully saturated rings. The summed E-state index contributed by atoms with van der Waals surface area (Å²) < 4.78 is 0. The van der Waals surface area contributed by atoms with E-state index in [1.807, 2.05) is 30.9 Å². The van der Waals surface area contributed by atoms with Crippen LogP contribution in [0.1, 0.15) is 75.2 Å². The maximum absolute atomic E-state index is 12.2. The van der Waals surface area contributed by atoms with Crippen molar-refractivity contribution in [2.24, 2.45) is 11.8 Å². The molecule has 2 rings (SSSR count). The zero-order valence-electron chi connectivity index (χ0n) is 15.5. The minimum atomic E-state index is 0.0379. The number of amides is 1. The molecule has 1 saturated heterocycles. The van der Waals surface area contributed by atoms with Crippen molar-refractivity contribution in [3.05, 3.63) is 35.4 Å². The van der Waals surface area contributed by atoms with Gasteiger partial charge in [-0.1, -0.05) is 52.0 Å². The Hall–Kier alpha value is -1.64. The van der Waals surface area contributed by atoms with Crippen LogP contribution in [0, 0.1) is 11.8 Å². The van der Waals surface area contributed by atoms with E-state index < -0.39 is 0 Å². The second-order valence-corrected chi connectivity index (χ2v) is 7.73. The fraction of sp³-hybridized carbons (Fsp3) is 0.619. The lowest BCUT2D eigenvalue weighted by molar-refractivity contribution is -0.132. The van der Waals surface area contributed by atoms with Gasteiger partial charge in [-0.2, -0.15) is 0 Å². The SMILES string of the molecule is CC(C)CCC(=O)N1CCC(c2ccc(C(=O)C(C)C)cc2)CC1. The molecule has 132 valence electrons. The van der Waals surface area contributed by atoms with E-state index in [1.165, 1.54) is 5.56 Å². The third-order valence-corrected chi connectivity index (χ3v) is 4.97. The number of carbonyl (C=O) groups excluding carboxylic acids is 2. The Morgan fingerprint density at radius 1 is 1.04 bits per heavy atom. The van der Waals surface area contributed by atoms with Gasteiger partial charge in [0.2, 0.25) is 5.91 Å².